The second-order valence-corrected chi connectivity index (χ2v) is 7.60. The van der Waals surface area contributed by atoms with Crippen LogP contribution in [0.5, 0.6) is 0 Å². The van der Waals surface area contributed by atoms with Crippen molar-refractivity contribution in [1.82, 2.24) is 30.0 Å². The molecule has 1 aliphatic heterocycles. The fraction of sp³-hybridized carbons (Fsp3) is 0.429. The number of carbonyl (C=O) groups is 1. The molecule has 1 fully saturated rings. The summed E-state index contributed by atoms with van der Waals surface area (Å²) in [7, 11) is 0. The van der Waals surface area contributed by atoms with Crippen LogP contribution >= 0.6 is 0 Å². The van der Waals surface area contributed by atoms with E-state index in [0.29, 0.717) is 18.2 Å². The summed E-state index contributed by atoms with van der Waals surface area (Å²) in [5.41, 5.74) is 4.73. The van der Waals surface area contributed by atoms with E-state index in [2.05, 4.69) is 25.1 Å². The predicted octanol–water partition coefficient (Wildman–Crippen LogP) is 2.94. The van der Waals surface area contributed by atoms with Gasteiger partial charge in [-0.1, -0.05) is 5.16 Å². The van der Waals surface area contributed by atoms with Crippen molar-refractivity contribution in [2.45, 2.75) is 40.0 Å². The Hall–Kier alpha value is -3.16. The van der Waals surface area contributed by atoms with Crippen LogP contribution in [0.4, 0.5) is 0 Å². The van der Waals surface area contributed by atoms with E-state index in [1.807, 2.05) is 31.7 Å². The highest BCUT2D eigenvalue weighted by atomic mass is 16.5. The summed E-state index contributed by atoms with van der Waals surface area (Å²) in [6.07, 6.45) is 7.60. The molecule has 4 rings (SSSR count). The van der Waals surface area contributed by atoms with E-state index in [4.69, 9.17) is 4.52 Å². The molecule has 0 saturated carbocycles. The van der Waals surface area contributed by atoms with Gasteiger partial charge in [0.2, 0.25) is 0 Å². The van der Waals surface area contributed by atoms with Crippen molar-refractivity contribution in [2.24, 2.45) is 5.92 Å². The molecule has 4 heterocycles. The Kier molecular flexibility index (Phi) is 5.33. The summed E-state index contributed by atoms with van der Waals surface area (Å²) in [6.45, 7) is 7.09. The van der Waals surface area contributed by atoms with E-state index < -0.39 is 0 Å². The van der Waals surface area contributed by atoms with Crippen molar-refractivity contribution in [3.63, 3.8) is 0 Å². The molecule has 0 aliphatic carbocycles. The molecule has 1 saturated heterocycles. The number of likely N-dealkylation sites (tertiary alicyclic amines) is 1. The first-order chi connectivity index (χ1) is 14.0. The number of nitrogens with zero attached hydrogens (tertiary/aromatic N) is 6. The summed E-state index contributed by atoms with van der Waals surface area (Å²) in [5.74, 6) is 1.04. The van der Waals surface area contributed by atoms with E-state index in [-0.39, 0.29) is 5.91 Å². The van der Waals surface area contributed by atoms with Gasteiger partial charge in [0.05, 0.1) is 28.8 Å². The van der Waals surface area contributed by atoms with Crippen LogP contribution < -0.4 is 0 Å². The van der Waals surface area contributed by atoms with Crippen LogP contribution in [-0.2, 0) is 6.42 Å². The van der Waals surface area contributed by atoms with Gasteiger partial charge in [0.15, 0.2) is 0 Å². The minimum atomic E-state index is -0.0544. The molecule has 3 aromatic rings. The van der Waals surface area contributed by atoms with Crippen LogP contribution in [0.15, 0.2) is 29.3 Å². The van der Waals surface area contributed by atoms with E-state index in [0.717, 1.165) is 59.9 Å². The largest absolute Gasteiger partial charge is 0.361 e. The number of aryl methyl sites for hydroxylation is 3. The highest BCUT2D eigenvalue weighted by molar-refractivity contribution is 5.92. The topological polar surface area (TPSA) is 97.9 Å². The highest BCUT2D eigenvalue weighted by Gasteiger charge is 2.26. The fourth-order valence-corrected chi connectivity index (χ4v) is 3.87. The van der Waals surface area contributed by atoms with Gasteiger partial charge in [0.1, 0.15) is 17.8 Å². The Balaban J connectivity index is 1.46. The Morgan fingerprint density at radius 1 is 1.17 bits per heavy atom. The maximum Gasteiger partial charge on any atom is 0.274 e. The second-order valence-electron chi connectivity index (χ2n) is 7.60. The summed E-state index contributed by atoms with van der Waals surface area (Å²) in [4.78, 5) is 31.9. The lowest BCUT2D eigenvalue weighted by Gasteiger charge is -2.32. The average molecular weight is 392 g/mol. The molecule has 150 valence electrons. The van der Waals surface area contributed by atoms with Gasteiger partial charge in [-0.2, -0.15) is 0 Å². The lowest BCUT2D eigenvalue weighted by Crippen LogP contribution is -2.41. The molecule has 1 unspecified atom stereocenters. The fourth-order valence-electron chi connectivity index (χ4n) is 3.87. The second kappa shape index (κ2) is 8.06. The van der Waals surface area contributed by atoms with E-state index in [1.54, 1.807) is 18.7 Å². The van der Waals surface area contributed by atoms with Crippen molar-refractivity contribution in [3.8, 4) is 11.3 Å². The standard InChI is InChI=1S/C21H24N6O2/c1-13-9-23-19(10-22-13)21(28)27-6-4-5-16(11-27)7-17-8-18(25-12-24-17)20-14(2)26-29-15(20)3/h8-10,12,16H,4-7,11H2,1-3H3. The molecule has 0 bridgehead atoms. The van der Waals surface area contributed by atoms with Gasteiger partial charge in [-0.15, -0.1) is 0 Å². The van der Waals surface area contributed by atoms with Gasteiger partial charge in [0.25, 0.3) is 5.91 Å². The summed E-state index contributed by atoms with van der Waals surface area (Å²) in [5, 5.41) is 4.01. The minimum absolute atomic E-state index is 0.0544. The average Bonchev–Trinajstić information content (AvgIpc) is 3.06. The first kappa shape index (κ1) is 19.2. The molecule has 0 N–H and O–H groups in total. The number of hydrogen-bond donors (Lipinski definition) is 0. The third kappa shape index (κ3) is 4.16. The smallest absolute Gasteiger partial charge is 0.274 e. The Bertz CT molecular complexity index is 995. The monoisotopic (exact) mass is 392 g/mol. The van der Waals surface area contributed by atoms with Crippen LogP contribution in [0.25, 0.3) is 11.3 Å². The molecule has 1 atom stereocenters. The Morgan fingerprint density at radius 2 is 2.03 bits per heavy atom. The Morgan fingerprint density at radius 3 is 2.76 bits per heavy atom. The molecule has 8 nitrogen and oxygen atoms in total. The van der Waals surface area contributed by atoms with Crippen molar-refractivity contribution in [1.29, 1.82) is 0 Å². The number of rotatable bonds is 4. The molecule has 1 amide bonds. The molecule has 0 spiro atoms. The molecular weight excluding hydrogens is 368 g/mol. The van der Waals surface area contributed by atoms with Gasteiger partial charge in [-0.3, -0.25) is 9.78 Å². The summed E-state index contributed by atoms with van der Waals surface area (Å²) < 4.78 is 5.26. The first-order valence-electron chi connectivity index (χ1n) is 9.83. The normalized spacial score (nSPS) is 16.8. The quantitative estimate of drug-likeness (QED) is 0.673. The molecule has 0 aromatic carbocycles. The SMILES string of the molecule is Cc1cnc(C(=O)N2CCCC(Cc3cc(-c4c(C)noc4C)ncn3)C2)cn1. The molecule has 0 radical (unpaired) electrons. The van der Waals surface area contributed by atoms with E-state index in [9.17, 15) is 4.79 Å². The van der Waals surface area contributed by atoms with Crippen molar-refractivity contribution in [2.75, 3.05) is 13.1 Å². The summed E-state index contributed by atoms with van der Waals surface area (Å²) >= 11 is 0. The molecule has 29 heavy (non-hydrogen) atoms. The van der Waals surface area contributed by atoms with Crippen molar-refractivity contribution < 1.29 is 9.32 Å². The minimum Gasteiger partial charge on any atom is -0.361 e. The molecule has 3 aromatic heterocycles. The first-order valence-corrected chi connectivity index (χ1v) is 9.83. The molecule has 1 aliphatic rings. The lowest BCUT2D eigenvalue weighted by atomic mass is 9.92. The van der Waals surface area contributed by atoms with Gasteiger partial charge in [-0.05, 0) is 52.0 Å². The molecule has 8 heteroatoms. The number of carbonyl (C=O) groups excluding carboxylic acids is 1. The Labute approximate surface area is 169 Å². The van der Waals surface area contributed by atoms with Crippen LogP contribution in [0.3, 0.4) is 0 Å². The van der Waals surface area contributed by atoms with Crippen LogP contribution in [0.1, 0.15) is 46.2 Å². The maximum absolute atomic E-state index is 12.8. The highest BCUT2D eigenvalue weighted by Crippen LogP contribution is 2.27. The van der Waals surface area contributed by atoms with Crippen molar-refractivity contribution >= 4 is 5.91 Å². The number of piperidine rings is 1. The van der Waals surface area contributed by atoms with Crippen LogP contribution in [0, 0.1) is 26.7 Å². The van der Waals surface area contributed by atoms with Gasteiger partial charge in [0, 0.05) is 25.0 Å². The third-order valence-electron chi connectivity index (χ3n) is 5.32. The predicted molar refractivity (Wildman–Crippen MR) is 106 cm³/mol. The third-order valence-corrected chi connectivity index (χ3v) is 5.32. The maximum atomic E-state index is 12.8. The van der Waals surface area contributed by atoms with E-state index >= 15 is 0 Å². The van der Waals surface area contributed by atoms with Gasteiger partial charge < -0.3 is 9.42 Å². The molecular formula is C21H24N6O2. The van der Waals surface area contributed by atoms with Crippen LogP contribution in [-0.4, -0.2) is 49.0 Å². The van der Waals surface area contributed by atoms with E-state index in [1.165, 1.54) is 0 Å². The number of amides is 1. The van der Waals surface area contributed by atoms with Crippen LogP contribution in [0.2, 0.25) is 0 Å². The zero-order valence-electron chi connectivity index (χ0n) is 16.9. The van der Waals surface area contributed by atoms with Crippen molar-refractivity contribution in [3.05, 3.63) is 53.3 Å². The zero-order valence-corrected chi connectivity index (χ0v) is 16.9. The number of aromatic nitrogens is 5. The zero-order chi connectivity index (χ0) is 20.4. The lowest BCUT2D eigenvalue weighted by molar-refractivity contribution is 0.0666. The number of hydrogen-bond acceptors (Lipinski definition) is 7. The summed E-state index contributed by atoms with van der Waals surface area (Å²) in [6, 6.07) is 2.00. The van der Waals surface area contributed by atoms with Gasteiger partial charge >= 0.3 is 0 Å². The van der Waals surface area contributed by atoms with Gasteiger partial charge in [-0.25, -0.2) is 15.0 Å².